The zero-order chi connectivity index (χ0) is 20.2. The largest absolute Gasteiger partial charge is 0.462 e. The molecule has 0 aliphatic carbocycles. The van der Waals surface area contributed by atoms with Crippen LogP contribution in [0.5, 0.6) is 0 Å². The number of carbonyl (C=O) groups excluding carboxylic acids is 1. The first-order valence-corrected chi connectivity index (χ1v) is 9.96. The lowest BCUT2D eigenvalue weighted by atomic mass is 9.97. The third-order valence-electron chi connectivity index (χ3n) is 3.48. The van der Waals surface area contributed by atoms with Gasteiger partial charge in [0.15, 0.2) is 5.79 Å². The Hall–Kier alpha value is -1.39. The predicted molar refractivity (Wildman–Crippen MR) is 92.6 cm³/mol. The van der Waals surface area contributed by atoms with Gasteiger partial charge in [0.2, 0.25) is 0 Å². The molecule has 0 aromatic rings. The Morgan fingerprint density at radius 1 is 1.42 bits per heavy atom. The van der Waals surface area contributed by atoms with Crippen LogP contribution in [-0.4, -0.2) is 57.9 Å². The number of azide groups is 1. The SMILES string of the molecule is CC1(C)OC[C@@H](N=[N+]=[N-])[C@@H](C[C@@H](COC(=O)C(C)(C)C)OS(C)(=O)=O)O1. The van der Waals surface area contributed by atoms with Crippen LogP contribution in [-0.2, 0) is 33.3 Å². The van der Waals surface area contributed by atoms with E-state index in [2.05, 4.69) is 10.0 Å². The summed E-state index contributed by atoms with van der Waals surface area (Å²) < 4.78 is 44.5. The molecule has 11 heteroatoms. The Morgan fingerprint density at radius 2 is 2.04 bits per heavy atom. The van der Waals surface area contributed by atoms with E-state index in [0.717, 1.165) is 6.26 Å². The number of carbonyl (C=O) groups is 1. The molecular formula is C15H27N3O7S. The molecule has 0 spiro atoms. The van der Waals surface area contributed by atoms with E-state index < -0.39 is 45.5 Å². The third kappa shape index (κ3) is 7.88. The minimum Gasteiger partial charge on any atom is -0.462 e. The second-order valence-electron chi connectivity index (χ2n) is 7.65. The first kappa shape index (κ1) is 22.7. The van der Waals surface area contributed by atoms with Gasteiger partial charge in [-0.3, -0.25) is 8.98 Å². The molecule has 150 valence electrons. The Bertz CT molecular complexity index is 651. The van der Waals surface area contributed by atoms with Crippen molar-refractivity contribution in [1.82, 2.24) is 0 Å². The van der Waals surface area contributed by atoms with Crippen LogP contribution in [0.3, 0.4) is 0 Å². The van der Waals surface area contributed by atoms with Gasteiger partial charge in [-0.1, -0.05) is 5.11 Å². The molecule has 10 nitrogen and oxygen atoms in total. The molecule has 3 atom stereocenters. The molecular weight excluding hydrogens is 366 g/mol. The first-order valence-electron chi connectivity index (χ1n) is 8.15. The van der Waals surface area contributed by atoms with Gasteiger partial charge in [0.25, 0.3) is 10.1 Å². The van der Waals surface area contributed by atoms with Crippen molar-refractivity contribution < 1.29 is 31.6 Å². The molecule has 1 aliphatic heterocycles. The zero-order valence-electron chi connectivity index (χ0n) is 16.0. The molecule has 1 aliphatic rings. The maximum Gasteiger partial charge on any atom is 0.311 e. The molecule has 1 fully saturated rings. The van der Waals surface area contributed by atoms with Crippen molar-refractivity contribution in [2.45, 2.75) is 65.1 Å². The maximum absolute atomic E-state index is 12.0. The lowest BCUT2D eigenvalue weighted by molar-refractivity contribution is -0.282. The number of esters is 1. The van der Waals surface area contributed by atoms with Crippen molar-refractivity contribution >= 4 is 16.1 Å². The van der Waals surface area contributed by atoms with Crippen LogP contribution < -0.4 is 0 Å². The normalized spacial score (nSPS) is 24.4. The summed E-state index contributed by atoms with van der Waals surface area (Å²) in [6, 6.07) is -0.656. The summed E-state index contributed by atoms with van der Waals surface area (Å²) in [5.41, 5.74) is 7.97. The minimum atomic E-state index is -3.80. The highest BCUT2D eigenvalue weighted by atomic mass is 32.2. The summed E-state index contributed by atoms with van der Waals surface area (Å²) in [6.07, 6.45) is -0.687. The van der Waals surface area contributed by atoms with Crippen LogP contribution in [0, 0.1) is 5.41 Å². The Kier molecular flexibility index (Phi) is 7.43. The van der Waals surface area contributed by atoms with E-state index in [1.54, 1.807) is 34.6 Å². The smallest absolute Gasteiger partial charge is 0.311 e. The van der Waals surface area contributed by atoms with Crippen molar-refractivity contribution in [3.63, 3.8) is 0 Å². The Balaban J connectivity index is 2.91. The molecule has 0 aromatic carbocycles. The zero-order valence-corrected chi connectivity index (χ0v) is 16.8. The second kappa shape index (κ2) is 8.53. The summed E-state index contributed by atoms with van der Waals surface area (Å²) in [5.74, 6) is -1.41. The quantitative estimate of drug-likeness (QED) is 0.212. The van der Waals surface area contributed by atoms with Crippen molar-refractivity contribution in [2.75, 3.05) is 19.5 Å². The molecule has 26 heavy (non-hydrogen) atoms. The van der Waals surface area contributed by atoms with Gasteiger partial charge >= 0.3 is 5.97 Å². The standard InChI is InChI=1S/C15H27N3O7S/c1-14(2,3)13(19)22-8-10(25-26(6,20)21)7-12-11(17-18-16)9-23-15(4,5)24-12/h10-12H,7-9H2,1-6H3/t10-,11+,12+/m0/s1. The van der Waals surface area contributed by atoms with Gasteiger partial charge in [-0.15, -0.1) is 0 Å². The van der Waals surface area contributed by atoms with Crippen molar-refractivity contribution in [3.05, 3.63) is 10.4 Å². The third-order valence-corrected chi connectivity index (χ3v) is 4.11. The van der Waals surface area contributed by atoms with E-state index in [-0.39, 0.29) is 19.6 Å². The van der Waals surface area contributed by atoms with E-state index in [4.69, 9.17) is 23.9 Å². The highest BCUT2D eigenvalue weighted by Crippen LogP contribution is 2.28. The van der Waals surface area contributed by atoms with E-state index in [9.17, 15) is 13.2 Å². The van der Waals surface area contributed by atoms with Crippen molar-refractivity contribution in [1.29, 1.82) is 0 Å². The predicted octanol–water partition coefficient (Wildman–Crippen LogP) is 2.14. The van der Waals surface area contributed by atoms with Crippen LogP contribution in [0.1, 0.15) is 41.0 Å². The molecule has 0 amide bonds. The summed E-state index contributed by atoms with van der Waals surface area (Å²) in [5, 5.41) is 3.63. The van der Waals surface area contributed by atoms with Crippen LogP contribution in [0.15, 0.2) is 5.11 Å². The fraction of sp³-hybridized carbons (Fsp3) is 0.933. The highest BCUT2D eigenvalue weighted by molar-refractivity contribution is 7.86. The number of hydrogen-bond acceptors (Lipinski definition) is 8. The van der Waals surface area contributed by atoms with Gasteiger partial charge in [-0.05, 0) is 40.1 Å². The van der Waals surface area contributed by atoms with Crippen LogP contribution >= 0.6 is 0 Å². The Labute approximate surface area is 153 Å². The molecule has 0 aromatic heterocycles. The topological polar surface area (TPSA) is 137 Å². The van der Waals surface area contributed by atoms with Crippen LogP contribution in [0.2, 0.25) is 0 Å². The molecule has 0 unspecified atom stereocenters. The summed E-state index contributed by atoms with van der Waals surface area (Å²) >= 11 is 0. The van der Waals surface area contributed by atoms with Crippen LogP contribution in [0.4, 0.5) is 0 Å². The van der Waals surface area contributed by atoms with Gasteiger partial charge in [0, 0.05) is 11.3 Å². The summed E-state index contributed by atoms with van der Waals surface area (Å²) in [7, 11) is -3.80. The molecule has 1 rings (SSSR count). The number of rotatable bonds is 7. The van der Waals surface area contributed by atoms with Gasteiger partial charge < -0.3 is 14.2 Å². The van der Waals surface area contributed by atoms with Gasteiger partial charge in [-0.25, -0.2) is 0 Å². The van der Waals surface area contributed by atoms with E-state index in [0.29, 0.717) is 0 Å². The van der Waals surface area contributed by atoms with Gasteiger partial charge in [-0.2, -0.15) is 8.42 Å². The lowest BCUT2D eigenvalue weighted by Crippen LogP contribution is -2.49. The van der Waals surface area contributed by atoms with Crippen molar-refractivity contribution in [2.24, 2.45) is 10.5 Å². The van der Waals surface area contributed by atoms with Gasteiger partial charge in [0.1, 0.15) is 12.7 Å². The highest BCUT2D eigenvalue weighted by Gasteiger charge is 2.38. The van der Waals surface area contributed by atoms with Crippen LogP contribution in [0.25, 0.3) is 10.4 Å². The fourth-order valence-corrected chi connectivity index (χ4v) is 2.90. The molecule has 1 saturated heterocycles. The van der Waals surface area contributed by atoms with Gasteiger partial charge in [0.05, 0.1) is 30.4 Å². The van der Waals surface area contributed by atoms with E-state index in [1.165, 1.54) is 0 Å². The molecule has 0 bridgehead atoms. The van der Waals surface area contributed by atoms with E-state index in [1.807, 2.05) is 0 Å². The fourth-order valence-electron chi connectivity index (χ4n) is 2.28. The molecule has 0 radical (unpaired) electrons. The minimum absolute atomic E-state index is 0.0426. The average Bonchev–Trinajstić information content (AvgIpc) is 2.44. The lowest BCUT2D eigenvalue weighted by Gasteiger charge is -2.40. The number of hydrogen-bond donors (Lipinski definition) is 0. The molecule has 1 heterocycles. The summed E-state index contributed by atoms with van der Waals surface area (Å²) in [4.78, 5) is 14.7. The van der Waals surface area contributed by atoms with Crippen molar-refractivity contribution in [3.8, 4) is 0 Å². The first-order chi connectivity index (χ1) is 11.7. The number of ether oxygens (including phenoxy) is 3. The number of nitrogens with zero attached hydrogens (tertiary/aromatic N) is 3. The molecule has 0 saturated carbocycles. The monoisotopic (exact) mass is 393 g/mol. The summed E-state index contributed by atoms with van der Waals surface area (Å²) in [6.45, 7) is 8.29. The van der Waals surface area contributed by atoms with E-state index >= 15 is 0 Å². The maximum atomic E-state index is 12.0. The second-order valence-corrected chi connectivity index (χ2v) is 9.25. The Morgan fingerprint density at radius 3 is 2.54 bits per heavy atom. The average molecular weight is 393 g/mol. The molecule has 0 N–H and O–H groups in total.